The number of rotatable bonds is 5. The first-order valence-corrected chi connectivity index (χ1v) is 9.80. The molecule has 0 saturated carbocycles. The summed E-state index contributed by atoms with van der Waals surface area (Å²) < 4.78 is 0. The maximum Gasteiger partial charge on any atom is 0.267 e. The normalized spacial score (nSPS) is 10.3. The number of para-hydroxylation sites is 2. The predicted octanol–water partition coefficient (Wildman–Crippen LogP) is 5.31. The van der Waals surface area contributed by atoms with Crippen LogP contribution in [0.1, 0.15) is 20.0 Å². The van der Waals surface area contributed by atoms with Crippen molar-refractivity contribution in [3.8, 4) is 10.6 Å². The van der Waals surface area contributed by atoms with Gasteiger partial charge in [-0.15, -0.1) is 11.3 Å². The first-order valence-electron chi connectivity index (χ1n) is 8.98. The standard InChI is InChI=1S/C23H17N3O2S/c27-21(25-18-7-3-1-4-8-18)16-11-13-17(14-12-16)23-24-15-20(29-23)22(28)26-19-9-5-2-6-10-19/h1-15H,(H,25,27)(H,26,28). The van der Waals surface area contributed by atoms with Gasteiger partial charge in [-0.05, 0) is 36.4 Å². The number of hydrogen-bond donors (Lipinski definition) is 2. The molecule has 29 heavy (non-hydrogen) atoms. The van der Waals surface area contributed by atoms with Crippen LogP contribution in [0.2, 0.25) is 0 Å². The van der Waals surface area contributed by atoms with Crippen molar-refractivity contribution in [2.45, 2.75) is 0 Å². The van der Waals surface area contributed by atoms with Gasteiger partial charge < -0.3 is 10.6 Å². The Labute approximate surface area is 172 Å². The summed E-state index contributed by atoms with van der Waals surface area (Å²) in [7, 11) is 0. The molecule has 5 nitrogen and oxygen atoms in total. The van der Waals surface area contributed by atoms with Gasteiger partial charge in [0.05, 0.1) is 6.20 Å². The third-order valence-electron chi connectivity index (χ3n) is 4.19. The Balaban J connectivity index is 1.44. The zero-order valence-corrected chi connectivity index (χ0v) is 16.1. The lowest BCUT2D eigenvalue weighted by Crippen LogP contribution is -2.11. The van der Waals surface area contributed by atoms with Crippen LogP contribution in [0.4, 0.5) is 11.4 Å². The van der Waals surface area contributed by atoms with Crippen molar-refractivity contribution < 1.29 is 9.59 Å². The van der Waals surface area contributed by atoms with Crippen LogP contribution in [0.3, 0.4) is 0 Å². The van der Waals surface area contributed by atoms with Crippen molar-refractivity contribution >= 4 is 34.5 Å². The highest BCUT2D eigenvalue weighted by Crippen LogP contribution is 2.26. The van der Waals surface area contributed by atoms with E-state index in [1.54, 1.807) is 18.3 Å². The lowest BCUT2D eigenvalue weighted by Gasteiger charge is -2.05. The highest BCUT2D eigenvalue weighted by Gasteiger charge is 2.13. The molecular weight excluding hydrogens is 382 g/mol. The van der Waals surface area contributed by atoms with Gasteiger partial charge in [-0.25, -0.2) is 4.98 Å². The molecule has 0 aliphatic carbocycles. The minimum Gasteiger partial charge on any atom is -0.322 e. The van der Waals surface area contributed by atoms with Crippen molar-refractivity contribution in [3.05, 3.63) is 102 Å². The topological polar surface area (TPSA) is 71.1 Å². The Morgan fingerprint density at radius 2 is 1.24 bits per heavy atom. The number of nitrogens with one attached hydrogen (secondary N) is 2. The van der Waals surface area contributed by atoms with E-state index in [9.17, 15) is 9.59 Å². The number of nitrogens with zero attached hydrogens (tertiary/aromatic N) is 1. The Morgan fingerprint density at radius 3 is 1.83 bits per heavy atom. The third-order valence-corrected chi connectivity index (χ3v) is 5.23. The molecule has 0 aliphatic rings. The molecule has 1 heterocycles. The van der Waals surface area contributed by atoms with Crippen LogP contribution in [-0.2, 0) is 0 Å². The van der Waals surface area contributed by atoms with E-state index < -0.39 is 0 Å². The van der Waals surface area contributed by atoms with Crippen molar-refractivity contribution in [3.63, 3.8) is 0 Å². The van der Waals surface area contributed by atoms with Gasteiger partial charge in [0.1, 0.15) is 9.88 Å². The largest absolute Gasteiger partial charge is 0.322 e. The van der Waals surface area contributed by atoms with Gasteiger partial charge in [-0.3, -0.25) is 9.59 Å². The molecule has 0 aliphatic heterocycles. The number of carbonyl (C=O) groups is 2. The monoisotopic (exact) mass is 399 g/mol. The molecule has 1 aromatic heterocycles. The molecule has 142 valence electrons. The summed E-state index contributed by atoms with van der Waals surface area (Å²) in [5, 5.41) is 6.42. The number of hydrogen-bond acceptors (Lipinski definition) is 4. The molecule has 2 N–H and O–H groups in total. The van der Waals surface area contributed by atoms with Crippen molar-refractivity contribution in [2.24, 2.45) is 0 Å². The Morgan fingerprint density at radius 1 is 0.690 bits per heavy atom. The average Bonchev–Trinajstić information content (AvgIpc) is 3.26. The summed E-state index contributed by atoms with van der Waals surface area (Å²) >= 11 is 1.31. The minimum atomic E-state index is -0.196. The van der Waals surface area contributed by atoms with Crippen LogP contribution in [0.15, 0.2) is 91.1 Å². The molecule has 0 bridgehead atoms. The molecule has 0 spiro atoms. The van der Waals surface area contributed by atoms with Gasteiger partial charge in [0, 0.05) is 22.5 Å². The van der Waals surface area contributed by atoms with Crippen LogP contribution in [0, 0.1) is 0 Å². The number of amides is 2. The molecular formula is C23H17N3O2S. The number of anilines is 2. The van der Waals surface area contributed by atoms with Gasteiger partial charge in [0.2, 0.25) is 0 Å². The predicted molar refractivity (Wildman–Crippen MR) is 116 cm³/mol. The maximum absolute atomic E-state index is 12.4. The zero-order valence-electron chi connectivity index (χ0n) is 15.3. The second-order valence-electron chi connectivity index (χ2n) is 6.25. The van der Waals surface area contributed by atoms with Crippen LogP contribution in [-0.4, -0.2) is 16.8 Å². The molecule has 3 aromatic carbocycles. The van der Waals surface area contributed by atoms with E-state index in [0.29, 0.717) is 10.4 Å². The first-order chi connectivity index (χ1) is 14.2. The molecule has 0 unspecified atom stereocenters. The zero-order chi connectivity index (χ0) is 20.1. The second-order valence-corrected chi connectivity index (χ2v) is 7.28. The SMILES string of the molecule is O=C(Nc1ccccc1)c1ccc(-c2ncc(C(=O)Nc3ccccc3)s2)cc1. The molecule has 2 amide bonds. The van der Waals surface area contributed by atoms with Gasteiger partial charge in [-0.2, -0.15) is 0 Å². The van der Waals surface area contributed by atoms with Crippen LogP contribution < -0.4 is 10.6 Å². The molecule has 4 aromatic rings. The van der Waals surface area contributed by atoms with Crippen molar-refractivity contribution in [1.29, 1.82) is 0 Å². The quantitative estimate of drug-likeness (QED) is 0.477. The lowest BCUT2D eigenvalue weighted by atomic mass is 10.1. The van der Waals surface area contributed by atoms with Crippen LogP contribution in [0.5, 0.6) is 0 Å². The summed E-state index contributed by atoms with van der Waals surface area (Å²) in [5.74, 6) is -0.372. The van der Waals surface area contributed by atoms with Gasteiger partial charge in [0.15, 0.2) is 0 Å². The van der Waals surface area contributed by atoms with Crippen molar-refractivity contribution in [1.82, 2.24) is 4.98 Å². The summed E-state index contributed by atoms with van der Waals surface area (Å²) in [6.45, 7) is 0. The molecule has 0 saturated heterocycles. The fraction of sp³-hybridized carbons (Fsp3) is 0. The first kappa shape index (κ1) is 18.6. The van der Waals surface area contributed by atoms with E-state index in [1.165, 1.54) is 11.3 Å². The van der Waals surface area contributed by atoms with E-state index in [1.807, 2.05) is 72.8 Å². The Kier molecular flexibility index (Phi) is 5.45. The lowest BCUT2D eigenvalue weighted by molar-refractivity contribution is 0.102. The Hall–Kier alpha value is -3.77. The number of thiazole rings is 1. The molecule has 0 radical (unpaired) electrons. The summed E-state index contributed by atoms with van der Waals surface area (Å²) in [6.07, 6.45) is 1.56. The summed E-state index contributed by atoms with van der Waals surface area (Å²) in [6, 6.07) is 25.8. The van der Waals surface area contributed by atoms with Crippen LogP contribution >= 0.6 is 11.3 Å². The average molecular weight is 399 g/mol. The van der Waals surface area contributed by atoms with Gasteiger partial charge in [0.25, 0.3) is 11.8 Å². The fourth-order valence-electron chi connectivity index (χ4n) is 2.72. The van der Waals surface area contributed by atoms with E-state index in [4.69, 9.17) is 0 Å². The fourth-order valence-corrected chi connectivity index (χ4v) is 3.53. The Bertz CT molecular complexity index is 1120. The summed E-state index contributed by atoms with van der Waals surface area (Å²) in [4.78, 5) is 29.6. The number of carbonyl (C=O) groups excluding carboxylic acids is 2. The molecule has 6 heteroatoms. The second kappa shape index (κ2) is 8.50. The number of aromatic nitrogens is 1. The van der Waals surface area contributed by atoms with Crippen LogP contribution in [0.25, 0.3) is 10.6 Å². The van der Waals surface area contributed by atoms with E-state index >= 15 is 0 Å². The smallest absolute Gasteiger partial charge is 0.267 e. The van der Waals surface area contributed by atoms with E-state index in [0.717, 1.165) is 21.9 Å². The third kappa shape index (κ3) is 4.56. The molecule has 0 atom stereocenters. The molecule has 0 fully saturated rings. The minimum absolute atomic E-state index is 0.176. The highest BCUT2D eigenvalue weighted by atomic mass is 32.1. The molecule has 4 rings (SSSR count). The highest BCUT2D eigenvalue weighted by molar-refractivity contribution is 7.17. The van der Waals surface area contributed by atoms with Gasteiger partial charge >= 0.3 is 0 Å². The van der Waals surface area contributed by atoms with E-state index in [-0.39, 0.29) is 11.8 Å². The van der Waals surface area contributed by atoms with E-state index in [2.05, 4.69) is 15.6 Å². The summed E-state index contributed by atoms with van der Waals surface area (Å²) in [5.41, 5.74) is 2.89. The number of benzene rings is 3. The van der Waals surface area contributed by atoms with Crippen molar-refractivity contribution in [2.75, 3.05) is 10.6 Å². The van der Waals surface area contributed by atoms with Gasteiger partial charge in [-0.1, -0.05) is 48.5 Å². The maximum atomic E-state index is 12.4.